The van der Waals surface area contributed by atoms with E-state index < -0.39 is 33.0 Å². The number of carboxylic acids is 2. The van der Waals surface area contributed by atoms with Gasteiger partial charge in [0.15, 0.2) is 0 Å². The summed E-state index contributed by atoms with van der Waals surface area (Å²) in [6.45, 7) is 1.50. The van der Waals surface area contributed by atoms with Crippen LogP contribution in [0.1, 0.15) is 13.3 Å². The Bertz CT molecular complexity index is 588. The second-order valence-electron chi connectivity index (χ2n) is 4.18. The fraction of sp³-hybridized carbons (Fsp3) is 0.400. The first-order valence-corrected chi connectivity index (χ1v) is 6.53. The minimum absolute atomic E-state index is 0.0359. The van der Waals surface area contributed by atoms with Crippen LogP contribution in [-0.4, -0.2) is 40.6 Å². The third-order valence-electron chi connectivity index (χ3n) is 2.37. The zero-order chi connectivity index (χ0) is 17.1. The first-order valence-electron chi connectivity index (χ1n) is 5.09. The van der Waals surface area contributed by atoms with Gasteiger partial charge in [-0.1, -0.05) is 18.2 Å². The fourth-order valence-corrected chi connectivity index (χ4v) is 1.18. The van der Waals surface area contributed by atoms with E-state index in [9.17, 15) is 22.8 Å². The Morgan fingerprint density at radius 3 is 2.00 bits per heavy atom. The highest BCUT2D eigenvalue weighted by molar-refractivity contribution is 7.86. The van der Waals surface area contributed by atoms with Gasteiger partial charge in [-0.25, -0.2) is 4.79 Å². The molecule has 1 aliphatic carbocycles. The van der Waals surface area contributed by atoms with E-state index >= 15 is 0 Å². The molecule has 3 N–H and O–H groups in total. The summed E-state index contributed by atoms with van der Waals surface area (Å²) in [7, 11) is -5.84. The molecule has 0 amide bonds. The zero-order valence-electron chi connectivity index (χ0n) is 10.5. The van der Waals surface area contributed by atoms with Gasteiger partial charge >= 0.3 is 27.6 Å². The number of alkyl halides is 3. The summed E-state index contributed by atoms with van der Waals surface area (Å²) in [5.74, 6) is -2.06. The molecule has 1 atom stereocenters. The number of carboxylic acid groups (broad SMARTS) is 2. The Hall–Kier alpha value is -1.88. The highest BCUT2D eigenvalue weighted by Crippen LogP contribution is 2.31. The Balaban J connectivity index is 0.000000433. The molecular weight excluding hydrogens is 321 g/mol. The maximum Gasteiger partial charge on any atom is 0.522 e. The number of hydrogen-bond acceptors (Lipinski definition) is 4. The van der Waals surface area contributed by atoms with Gasteiger partial charge in [-0.2, -0.15) is 21.6 Å². The van der Waals surface area contributed by atoms with Crippen LogP contribution in [0.25, 0.3) is 0 Å². The average Bonchev–Trinajstić information content (AvgIpc) is 2.26. The molecule has 0 bridgehead atoms. The normalized spacial score (nSPS) is 21.9. The number of hydrogen-bond donors (Lipinski definition) is 3. The Morgan fingerprint density at radius 2 is 1.71 bits per heavy atom. The lowest BCUT2D eigenvalue weighted by Gasteiger charge is -2.23. The molecule has 120 valence electrons. The molecule has 0 spiro atoms. The van der Waals surface area contributed by atoms with Crippen LogP contribution in [0, 0.1) is 5.41 Å². The molecule has 7 nitrogen and oxygen atoms in total. The largest absolute Gasteiger partial charge is 0.522 e. The lowest BCUT2D eigenvalue weighted by Crippen LogP contribution is -2.28. The van der Waals surface area contributed by atoms with Gasteiger partial charge in [0.1, 0.15) is 0 Å². The minimum atomic E-state index is -5.84. The summed E-state index contributed by atoms with van der Waals surface area (Å²) in [5.41, 5.74) is -6.48. The van der Waals surface area contributed by atoms with Gasteiger partial charge in [-0.05, 0) is 13.3 Å². The van der Waals surface area contributed by atoms with E-state index in [1.54, 1.807) is 0 Å². The molecule has 0 saturated heterocycles. The molecule has 11 heteroatoms. The van der Waals surface area contributed by atoms with Crippen LogP contribution < -0.4 is 0 Å². The topological polar surface area (TPSA) is 129 Å². The SMILES string of the molecule is CC1(C(=O)O)C=CC=C(C(=O)O)C1.O=S(=O)(O)C(F)(F)F. The van der Waals surface area contributed by atoms with Crippen molar-refractivity contribution in [2.75, 3.05) is 0 Å². The number of aliphatic carboxylic acids is 2. The molecule has 0 saturated carbocycles. The molecule has 1 unspecified atom stereocenters. The molecule has 0 heterocycles. The molecule has 0 aromatic heterocycles. The highest BCUT2D eigenvalue weighted by atomic mass is 32.2. The Labute approximate surface area is 117 Å². The van der Waals surface area contributed by atoms with Crippen molar-refractivity contribution in [3.8, 4) is 0 Å². The van der Waals surface area contributed by atoms with Gasteiger partial charge in [0.25, 0.3) is 0 Å². The van der Waals surface area contributed by atoms with Crippen molar-refractivity contribution in [1.29, 1.82) is 0 Å². The van der Waals surface area contributed by atoms with Crippen molar-refractivity contribution in [1.82, 2.24) is 0 Å². The van der Waals surface area contributed by atoms with Gasteiger partial charge in [0, 0.05) is 5.57 Å². The molecule has 0 fully saturated rings. The van der Waals surface area contributed by atoms with E-state index in [1.807, 2.05) is 0 Å². The summed E-state index contributed by atoms with van der Waals surface area (Å²) in [5, 5.41) is 17.5. The van der Waals surface area contributed by atoms with Gasteiger partial charge < -0.3 is 10.2 Å². The minimum Gasteiger partial charge on any atom is -0.481 e. The summed E-state index contributed by atoms with van der Waals surface area (Å²) in [4.78, 5) is 21.3. The highest BCUT2D eigenvalue weighted by Gasteiger charge is 2.44. The number of carbonyl (C=O) groups is 2. The third kappa shape index (κ3) is 5.55. The summed E-state index contributed by atoms with van der Waals surface area (Å²) in [6.07, 6.45) is 4.43. The third-order valence-corrected chi connectivity index (χ3v) is 2.96. The van der Waals surface area contributed by atoms with Crippen molar-refractivity contribution in [2.45, 2.75) is 18.9 Å². The second kappa shape index (κ2) is 6.26. The number of rotatable bonds is 2. The Morgan fingerprint density at radius 1 is 1.29 bits per heavy atom. The van der Waals surface area contributed by atoms with Crippen LogP contribution >= 0.6 is 0 Å². The molecular formula is C10H11F3O7S. The van der Waals surface area contributed by atoms with E-state index in [0.29, 0.717) is 0 Å². The van der Waals surface area contributed by atoms with E-state index in [-0.39, 0.29) is 12.0 Å². The molecule has 0 aromatic rings. The van der Waals surface area contributed by atoms with Crippen LogP contribution in [0.15, 0.2) is 23.8 Å². The first kappa shape index (κ1) is 19.1. The molecule has 21 heavy (non-hydrogen) atoms. The summed E-state index contributed by atoms with van der Waals surface area (Å²) >= 11 is 0. The van der Waals surface area contributed by atoms with Gasteiger partial charge in [-0.15, -0.1) is 0 Å². The molecule has 0 radical (unpaired) electrons. The zero-order valence-corrected chi connectivity index (χ0v) is 11.3. The molecule has 1 aliphatic rings. The van der Waals surface area contributed by atoms with Crippen molar-refractivity contribution < 1.29 is 45.9 Å². The monoisotopic (exact) mass is 332 g/mol. The maximum absolute atomic E-state index is 10.8. The Kier molecular flexibility index (Phi) is 5.70. The van der Waals surface area contributed by atoms with E-state index in [1.165, 1.54) is 25.2 Å². The smallest absolute Gasteiger partial charge is 0.481 e. The second-order valence-corrected chi connectivity index (χ2v) is 5.59. The molecule has 1 rings (SSSR count). The number of halogens is 3. The van der Waals surface area contributed by atoms with Gasteiger partial charge in [-0.3, -0.25) is 9.35 Å². The number of allylic oxidation sites excluding steroid dienone is 2. The van der Waals surface area contributed by atoms with Crippen LogP contribution in [0.3, 0.4) is 0 Å². The molecule has 0 aromatic carbocycles. The van der Waals surface area contributed by atoms with E-state index in [0.717, 1.165) is 0 Å². The summed E-state index contributed by atoms with van der Waals surface area (Å²) in [6, 6.07) is 0. The first-order chi connectivity index (χ1) is 9.21. The lowest BCUT2D eigenvalue weighted by molar-refractivity contribution is -0.145. The van der Waals surface area contributed by atoms with Crippen molar-refractivity contribution in [2.24, 2.45) is 5.41 Å². The maximum atomic E-state index is 10.8. The van der Waals surface area contributed by atoms with Crippen LogP contribution in [-0.2, 0) is 19.7 Å². The summed E-state index contributed by atoms with van der Waals surface area (Å²) < 4.78 is 57.5. The lowest BCUT2D eigenvalue weighted by atomic mass is 9.80. The van der Waals surface area contributed by atoms with Crippen LogP contribution in [0.4, 0.5) is 13.2 Å². The van der Waals surface area contributed by atoms with Crippen LogP contribution in [0.2, 0.25) is 0 Å². The van der Waals surface area contributed by atoms with E-state index in [2.05, 4.69) is 0 Å². The predicted molar refractivity (Wildman–Crippen MR) is 62.8 cm³/mol. The fourth-order valence-electron chi connectivity index (χ4n) is 1.18. The van der Waals surface area contributed by atoms with Gasteiger partial charge in [0.2, 0.25) is 0 Å². The molecule has 0 aliphatic heterocycles. The van der Waals surface area contributed by atoms with E-state index in [4.69, 9.17) is 23.2 Å². The van der Waals surface area contributed by atoms with Gasteiger partial charge in [0.05, 0.1) is 5.41 Å². The van der Waals surface area contributed by atoms with Crippen molar-refractivity contribution in [3.63, 3.8) is 0 Å². The van der Waals surface area contributed by atoms with Crippen molar-refractivity contribution >= 4 is 22.1 Å². The predicted octanol–water partition coefficient (Wildman–Crippen LogP) is 1.44. The average molecular weight is 332 g/mol. The van der Waals surface area contributed by atoms with Crippen molar-refractivity contribution in [3.05, 3.63) is 23.8 Å². The van der Waals surface area contributed by atoms with Crippen LogP contribution in [0.5, 0.6) is 0 Å². The standard InChI is InChI=1S/C9H10O4.CHF3O3S/c1-9(8(12)13)4-2-3-6(5-9)7(10)11;2-1(3,4)8(5,6)7/h2-4H,5H2,1H3,(H,10,11)(H,12,13);(H,5,6,7). The quantitative estimate of drug-likeness (QED) is 0.515.